The highest BCUT2D eigenvalue weighted by Gasteiger charge is 2.30. The number of hydrogen-bond donors (Lipinski definition) is 1. The van der Waals surface area contributed by atoms with E-state index in [1.54, 1.807) is 0 Å². The Bertz CT molecular complexity index is 682. The smallest absolute Gasteiger partial charge is 0.389 e. The van der Waals surface area contributed by atoms with Gasteiger partial charge in [-0.05, 0) is 56.2 Å². The third-order valence-electron chi connectivity index (χ3n) is 5.21. The summed E-state index contributed by atoms with van der Waals surface area (Å²) in [7, 11) is 0. The van der Waals surface area contributed by atoms with Crippen molar-refractivity contribution in [1.82, 2.24) is 0 Å². The summed E-state index contributed by atoms with van der Waals surface area (Å²) in [6.07, 6.45) is 0.696. The first-order valence-corrected chi connectivity index (χ1v) is 9.86. The number of aliphatic hydroxyl groups is 1. The van der Waals surface area contributed by atoms with Crippen molar-refractivity contribution in [3.63, 3.8) is 0 Å². The van der Waals surface area contributed by atoms with E-state index in [1.165, 1.54) is 12.1 Å². The van der Waals surface area contributed by atoms with Gasteiger partial charge in [0.1, 0.15) is 0 Å². The van der Waals surface area contributed by atoms with Crippen molar-refractivity contribution in [2.45, 2.75) is 70.8 Å². The number of carbonyl (C=O) groups is 1. The van der Waals surface area contributed by atoms with E-state index in [1.807, 2.05) is 13.0 Å². The average Bonchev–Trinajstić information content (AvgIpc) is 2.63. The van der Waals surface area contributed by atoms with Gasteiger partial charge < -0.3 is 9.84 Å². The molecule has 0 saturated heterocycles. The summed E-state index contributed by atoms with van der Waals surface area (Å²) in [4.78, 5) is 12.3. The minimum absolute atomic E-state index is 0.00647. The van der Waals surface area contributed by atoms with Crippen molar-refractivity contribution in [3.05, 3.63) is 47.0 Å². The van der Waals surface area contributed by atoms with Crippen LogP contribution in [0.15, 0.2) is 35.9 Å². The molecule has 0 aromatic heterocycles. The maximum absolute atomic E-state index is 12.8. The van der Waals surface area contributed by atoms with Gasteiger partial charge in [-0.25, -0.2) is 0 Å². The molecule has 0 saturated carbocycles. The molecule has 1 aliphatic heterocycles. The lowest BCUT2D eigenvalue weighted by Gasteiger charge is -2.22. The zero-order chi connectivity index (χ0) is 20.7. The third kappa shape index (κ3) is 7.06. The third-order valence-corrected chi connectivity index (χ3v) is 5.21. The summed E-state index contributed by atoms with van der Waals surface area (Å²) in [5.74, 6) is 0.151. The molecular weight excluding hydrogens is 369 g/mol. The molecule has 156 valence electrons. The molecule has 0 bridgehead atoms. The summed E-state index contributed by atoms with van der Waals surface area (Å²) in [5.41, 5.74) is 0.0282. The van der Waals surface area contributed by atoms with Gasteiger partial charge in [-0.15, -0.1) is 0 Å². The molecule has 2 rings (SSSR count). The van der Waals surface area contributed by atoms with Gasteiger partial charge in [-0.2, -0.15) is 13.2 Å². The van der Waals surface area contributed by atoms with Gasteiger partial charge in [-0.3, -0.25) is 4.79 Å². The van der Waals surface area contributed by atoms with Crippen LogP contribution < -0.4 is 0 Å². The van der Waals surface area contributed by atoms with Crippen LogP contribution in [0.2, 0.25) is 0 Å². The first kappa shape index (κ1) is 22.6. The van der Waals surface area contributed by atoms with Crippen LogP contribution in [0, 0.1) is 5.92 Å². The number of rotatable bonds is 5. The maximum atomic E-state index is 12.8. The summed E-state index contributed by atoms with van der Waals surface area (Å²) in [6.45, 7) is 4.65. The minimum atomic E-state index is -4.48. The fraction of sp³-hybridized carbons (Fsp3) is 0.591. The van der Waals surface area contributed by atoms with Crippen LogP contribution in [0.25, 0.3) is 0 Å². The van der Waals surface area contributed by atoms with Crippen LogP contribution in [-0.4, -0.2) is 29.7 Å². The molecule has 0 aliphatic carbocycles. The van der Waals surface area contributed by atoms with Crippen molar-refractivity contribution < 1.29 is 27.8 Å². The van der Waals surface area contributed by atoms with Crippen molar-refractivity contribution in [2.75, 3.05) is 6.61 Å². The van der Waals surface area contributed by atoms with Crippen molar-refractivity contribution >= 4 is 5.78 Å². The molecule has 0 amide bonds. The van der Waals surface area contributed by atoms with Crippen LogP contribution in [0.4, 0.5) is 13.2 Å². The second-order valence-electron chi connectivity index (χ2n) is 7.71. The van der Waals surface area contributed by atoms with E-state index in [0.717, 1.165) is 43.4 Å². The molecule has 3 nitrogen and oxygen atoms in total. The summed E-state index contributed by atoms with van der Waals surface area (Å²) < 4.78 is 44.2. The van der Waals surface area contributed by atoms with E-state index >= 15 is 0 Å². The van der Waals surface area contributed by atoms with Gasteiger partial charge in [0.15, 0.2) is 5.78 Å². The van der Waals surface area contributed by atoms with E-state index in [-0.39, 0.29) is 24.5 Å². The molecular formula is C22H29F3O3. The Morgan fingerprint density at radius 2 is 2.07 bits per heavy atom. The second-order valence-corrected chi connectivity index (χ2v) is 7.71. The molecule has 0 radical (unpaired) electrons. The molecule has 1 aromatic rings. The molecule has 0 fully saturated rings. The van der Waals surface area contributed by atoms with Gasteiger partial charge in [0, 0.05) is 12.0 Å². The van der Waals surface area contributed by atoms with E-state index in [4.69, 9.17) is 4.74 Å². The number of Topliss-reactive ketones (excluding diaryl/α,β-unsaturated/α-hetero) is 1. The van der Waals surface area contributed by atoms with Gasteiger partial charge in [0.25, 0.3) is 0 Å². The van der Waals surface area contributed by atoms with Crippen LogP contribution >= 0.6 is 0 Å². The zero-order valence-electron chi connectivity index (χ0n) is 16.5. The highest BCUT2D eigenvalue weighted by Crippen LogP contribution is 2.30. The second kappa shape index (κ2) is 10.2. The molecule has 1 N–H and O–H groups in total. The van der Waals surface area contributed by atoms with Crippen LogP contribution in [-0.2, 0) is 10.9 Å². The standard InChI is InChI=1S/C22H29F3O3/c1-15-5-3-6-17(11-12-28-16(2)13-15)20(26)9-10-21(27)18-7-4-8-19(14-18)22(23,24)25/h4,7-8,11,14-16,20,26H,3,5-6,9-10,12-13H2,1-2H3/b17-11+/t15-,16+,20+/m0/s1. The predicted molar refractivity (Wildman–Crippen MR) is 102 cm³/mol. The Morgan fingerprint density at radius 1 is 1.32 bits per heavy atom. The highest BCUT2D eigenvalue weighted by molar-refractivity contribution is 5.96. The lowest BCUT2D eigenvalue weighted by molar-refractivity contribution is -0.137. The van der Waals surface area contributed by atoms with Gasteiger partial charge in [0.2, 0.25) is 0 Å². The lowest BCUT2D eigenvalue weighted by atomic mass is 9.92. The van der Waals surface area contributed by atoms with E-state index < -0.39 is 23.6 Å². The van der Waals surface area contributed by atoms with Crippen molar-refractivity contribution in [3.8, 4) is 0 Å². The Hall–Kier alpha value is -1.66. The van der Waals surface area contributed by atoms with Gasteiger partial charge in [-0.1, -0.05) is 31.6 Å². The highest BCUT2D eigenvalue weighted by atomic mass is 19.4. The molecule has 3 atom stereocenters. The number of halogens is 3. The Labute approximate surface area is 164 Å². The molecule has 1 heterocycles. The summed E-state index contributed by atoms with van der Waals surface area (Å²) >= 11 is 0. The number of benzene rings is 1. The average molecular weight is 398 g/mol. The molecule has 0 unspecified atom stereocenters. The predicted octanol–water partition coefficient (Wildman–Crippen LogP) is 5.57. The van der Waals surface area contributed by atoms with Crippen molar-refractivity contribution in [1.29, 1.82) is 0 Å². The van der Waals surface area contributed by atoms with Crippen LogP contribution in [0.1, 0.15) is 68.3 Å². The monoisotopic (exact) mass is 398 g/mol. The Balaban J connectivity index is 1.96. The normalized spacial score (nSPS) is 24.9. The Morgan fingerprint density at radius 3 is 2.79 bits per heavy atom. The molecule has 6 heteroatoms. The minimum Gasteiger partial charge on any atom is -0.389 e. The van der Waals surface area contributed by atoms with Crippen molar-refractivity contribution in [2.24, 2.45) is 5.92 Å². The number of carbonyl (C=O) groups excluding carboxylic acids is 1. The number of hydrogen-bond acceptors (Lipinski definition) is 3. The zero-order valence-corrected chi connectivity index (χ0v) is 16.5. The first-order chi connectivity index (χ1) is 13.2. The van der Waals surface area contributed by atoms with E-state index in [0.29, 0.717) is 12.5 Å². The number of alkyl halides is 3. The summed E-state index contributed by atoms with van der Waals surface area (Å²) in [6, 6.07) is 4.42. The number of ether oxygens (including phenoxy) is 1. The number of aliphatic hydroxyl groups excluding tert-OH is 1. The van der Waals surface area contributed by atoms with Crippen LogP contribution in [0.5, 0.6) is 0 Å². The fourth-order valence-corrected chi connectivity index (χ4v) is 3.60. The van der Waals surface area contributed by atoms with Gasteiger partial charge in [0.05, 0.1) is 24.4 Å². The topological polar surface area (TPSA) is 46.5 Å². The number of ketones is 1. The fourth-order valence-electron chi connectivity index (χ4n) is 3.60. The molecule has 1 aromatic carbocycles. The van der Waals surface area contributed by atoms with Gasteiger partial charge >= 0.3 is 6.18 Å². The maximum Gasteiger partial charge on any atom is 0.416 e. The molecule has 0 spiro atoms. The summed E-state index contributed by atoms with van der Waals surface area (Å²) in [5, 5.41) is 10.5. The molecule has 1 aliphatic rings. The van der Waals surface area contributed by atoms with E-state index in [9.17, 15) is 23.1 Å². The van der Waals surface area contributed by atoms with E-state index in [2.05, 4.69) is 6.92 Å². The first-order valence-electron chi connectivity index (χ1n) is 9.86. The molecule has 28 heavy (non-hydrogen) atoms. The Kier molecular flexibility index (Phi) is 8.25. The SMILES string of the molecule is C[C@H]1CCC/C([C@H](O)CCC(=O)c2cccc(C(F)(F)F)c2)=C\CO[C@H](C)C1. The quantitative estimate of drug-likeness (QED) is 0.521. The lowest BCUT2D eigenvalue weighted by Crippen LogP contribution is -2.18. The largest absolute Gasteiger partial charge is 0.416 e. The van der Waals surface area contributed by atoms with Crippen LogP contribution in [0.3, 0.4) is 0 Å².